The number of fused-ring (bicyclic) bond motifs is 1. The van der Waals surface area contributed by atoms with Crippen LogP contribution in [0.15, 0.2) is 0 Å². The van der Waals surface area contributed by atoms with Crippen LogP contribution in [0.3, 0.4) is 0 Å². The van der Waals surface area contributed by atoms with E-state index < -0.39 is 5.60 Å². The number of likely N-dealkylation sites (tertiary alicyclic amines) is 1. The van der Waals surface area contributed by atoms with Crippen LogP contribution >= 0.6 is 0 Å². The molecule has 120 valence electrons. The van der Waals surface area contributed by atoms with Crippen LogP contribution in [0.4, 0.5) is 0 Å². The predicted octanol–water partition coefficient (Wildman–Crippen LogP) is 3.01. The Balaban J connectivity index is 1.61. The van der Waals surface area contributed by atoms with Gasteiger partial charge in [-0.3, -0.25) is 0 Å². The van der Waals surface area contributed by atoms with Crippen molar-refractivity contribution < 1.29 is 9.90 Å². The molecule has 2 atom stereocenters. The molecular weight excluding hydrogens is 262 g/mol. The molecule has 0 amide bonds. The van der Waals surface area contributed by atoms with Gasteiger partial charge in [-0.2, -0.15) is 0 Å². The van der Waals surface area contributed by atoms with Gasteiger partial charge in [-0.15, -0.1) is 0 Å². The van der Waals surface area contributed by atoms with Gasteiger partial charge in [0.05, 0.1) is 5.60 Å². The molecule has 0 bridgehead atoms. The molecule has 2 unspecified atom stereocenters. The largest absolute Gasteiger partial charge is 0.390 e. The molecule has 2 aliphatic carbocycles. The van der Waals surface area contributed by atoms with Gasteiger partial charge in [-0.05, 0) is 50.9 Å². The lowest BCUT2D eigenvalue weighted by molar-refractivity contribution is -0.124. The minimum absolute atomic E-state index is 0.101. The molecule has 0 spiro atoms. The SMILES string of the molecule is CC1CCC(C=O)(CN2CCC3(O)CCCCC3C2)CC1. The van der Waals surface area contributed by atoms with Crippen LogP contribution in [-0.4, -0.2) is 41.5 Å². The average molecular weight is 293 g/mol. The third-order valence-electron chi connectivity index (χ3n) is 6.57. The van der Waals surface area contributed by atoms with Gasteiger partial charge in [0.1, 0.15) is 6.29 Å². The highest BCUT2D eigenvalue weighted by Crippen LogP contribution is 2.42. The van der Waals surface area contributed by atoms with E-state index in [-0.39, 0.29) is 5.41 Å². The second-order valence-electron chi connectivity index (χ2n) is 8.19. The predicted molar refractivity (Wildman–Crippen MR) is 84.1 cm³/mol. The van der Waals surface area contributed by atoms with Gasteiger partial charge in [0.2, 0.25) is 0 Å². The summed E-state index contributed by atoms with van der Waals surface area (Å²) in [4.78, 5) is 14.2. The van der Waals surface area contributed by atoms with Crippen molar-refractivity contribution in [2.75, 3.05) is 19.6 Å². The van der Waals surface area contributed by atoms with Crippen molar-refractivity contribution in [1.82, 2.24) is 4.90 Å². The van der Waals surface area contributed by atoms with Crippen LogP contribution in [-0.2, 0) is 4.79 Å². The monoisotopic (exact) mass is 293 g/mol. The summed E-state index contributed by atoms with van der Waals surface area (Å²) in [5.74, 6) is 1.22. The molecule has 3 fully saturated rings. The fourth-order valence-electron chi connectivity index (χ4n) is 4.88. The summed E-state index contributed by atoms with van der Waals surface area (Å²) in [5.41, 5.74) is -0.499. The quantitative estimate of drug-likeness (QED) is 0.813. The second-order valence-corrected chi connectivity index (χ2v) is 8.19. The van der Waals surface area contributed by atoms with Crippen molar-refractivity contribution in [1.29, 1.82) is 0 Å². The number of carbonyl (C=O) groups excluding carboxylic acids is 1. The number of rotatable bonds is 3. The number of aldehydes is 1. The summed E-state index contributed by atoms with van der Waals surface area (Å²) >= 11 is 0. The lowest BCUT2D eigenvalue weighted by atomic mass is 9.69. The number of hydrogen-bond acceptors (Lipinski definition) is 3. The van der Waals surface area contributed by atoms with Crippen LogP contribution in [0.1, 0.15) is 64.7 Å². The number of hydrogen-bond donors (Lipinski definition) is 1. The average Bonchev–Trinajstić information content (AvgIpc) is 2.50. The highest BCUT2D eigenvalue weighted by atomic mass is 16.3. The smallest absolute Gasteiger partial charge is 0.127 e. The fraction of sp³-hybridized carbons (Fsp3) is 0.944. The molecule has 2 saturated carbocycles. The first-order valence-electron chi connectivity index (χ1n) is 8.96. The molecule has 1 heterocycles. The van der Waals surface area contributed by atoms with E-state index in [2.05, 4.69) is 11.8 Å². The molecule has 0 aromatic carbocycles. The lowest BCUT2D eigenvalue weighted by Crippen LogP contribution is -2.55. The van der Waals surface area contributed by atoms with Crippen molar-refractivity contribution in [3.8, 4) is 0 Å². The summed E-state index contributed by atoms with van der Waals surface area (Å²) in [5, 5.41) is 10.8. The summed E-state index contributed by atoms with van der Waals surface area (Å²) in [6.45, 7) is 5.20. The summed E-state index contributed by atoms with van der Waals surface area (Å²) in [6, 6.07) is 0. The third-order valence-corrected chi connectivity index (χ3v) is 6.57. The van der Waals surface area contributed by atoms with Gasteiger partial charge in [0, 0.05) is 31.0 Å². The van der Waals surface area contributed by atoms with Gasteiger partial charge in [-0.1, -0.05) is 19.8 Å². The Morgan fingerprint density at radius 1 is 1.14 bits per heavy atom. The van der Waals surface area contributed by atoms with E-state index in [4.69, 9.17) is 0 Å². The molecular formula is C18H31NO2. The Bertz CT molecular complexity index is 375. The zero-order chi connectivity index (χ0) is 14.9. The number of aliphatic hydroxyl groups is 1. The summed E-state index contributed by atoms with van der Waals surface area (Å²) in [6.07, 6.45) is 11.3. The van der Waals surface area contributed by atoms with E-state index in [0.717, 1.165) is 57.7 Å². The maximum absolute atomic E-state index is 11.7. The Kier molecular flexibility index (Phi) is 4.42. The highest BCUT2D eigenvalue weighted by molar-refractivity contribution is 5.60. The van der Waals surface area contributed by atoms with E-state index in [1.807, 2.05) is 0 Å². The standard InChI is InChI=1S/C18H31NO2/c1-15-5-8-17(14-20,9-6-15)13-19-11-10-18(21)7-3-2-4-16(18)12-19/h14-16,21H,2-13H2,1H3. The van der Waals surface area contributed by atoms with Crippen LogP contribution in [0, 0.1) is 17.3 Å². The van der Waals surface area contributed by atoms with E-state index in [1.54, 1.807) is 0 Å². The van der Waals surface area contributed by atoms with Crippen LogP contribution < -0.4 is 0 Å². The number of nitrogens with zero attached hydrogens (tertiary/aromatic N) is 1. The van der Waals surface area contributed by atoms with Gasteiger partial charge in [-0.25, -0.2) is 0 Å². The van der Waals surface area contributed by atoms with E-state index >= 15 is 0 Å². The maximum atomic E-state index is 11.7. The first kappa shape index (κ1) is 15.5. The molecule has 0 aromatic rings. The Hall–Kier alpha value is -0.410. The minimum atomic E-state index is -0.399. The molecule has 1 saturated heterocycles. The molecule has 0 aromatic heterocycles. The summed E-state index contributed by atoms with van der Waals surface area (Å²) < 4.78 is 0. The molecule has 0 radical (unpaired) electrons. The Morgan fingerprint density at radius 2 is 1.90 bits per heavy atom. The highest BCUT2D eigenvalue weighted by Gasteiger charge is 2.44. The number of piperidine rings is 1. The lowest BCUT2D eigenvalue weighted by Gasteiger charge is -2.49. The molecule has 1 aliphatic heterocycles. The summed E-state index contributed by atoms with van der Waals surface area (Å²) in [7, 11) is 0. The van der Waals surface area contributed by atoms with Crippen molar-refractivity contribution in [3.63, 3.8) is 0 Å². The van der Waals surface area contributed by atoms with Crippen molar-refractivity contribution in [2.45, 2.75) is 70.3 Å². The van der Waals surface area contributed by atoms with E-state index in [9.17, 15) is 9.90 Å². The zero-order valence-corrected chi connectivity index (χ0v) is 13.5. The molecule has 3 rings (SSSR count). The number of carbonyl (C=O) groups is 1. The van der Waals surface area contributed by atoms with Crippen molar-refractivity contribution in [2.24, 2.45) is 17.3 Å². The third kappa shape index (κ3) is 3.19. The van der Waals surface area contributed by atoms with Gasteiger partial charge in [0.25, 0.3) is 0 Å². The van der Waals surface area contributed by atoms with Gasteiger partial charge >= 0.3 is 0 Å². The first-order chi connectivity index (χ1) is 10.1. The second kappa shape index (κ2) is 6.00. The van der Waals surface area contributed by atoms with E-state index in [1.165, 1.54) is 32.0 Å². The maximum Gasteiger partial charge on any atom is 0.127 e. The topological polar surface area (TPSA) is 40.5 Å². The van der Waals surface area contributed by atoms with E-state index in [0.29, 0.717) is 5.92 Å². The normalized spacial score (nSPS) is 45.0. The van der Waals surface area contributed by atoms with Crippen LogP contribution in [0.2, 0.25) is 0 Å². The van der Waals surface area contributed by atoms with Gasteiger partial charge in [0.15, 0.2) is 0 Å². The van der Waals surface area contributed by atoms with Crippen molar-refractivity contribution in [3.05, 3.63) is 0 Å². The van der Waals surface area contributed by atoms with Gasteiger partial charge < -0.3 is 14.8 Å². The molecule has 1 N–H and O–H groups in total. The Morgan fingerprint density at radius 3 is 2.62 bits per heavy atom. The minimum Gasteiger partial charge on any atom is -0.390 e. The molecule has 21 heavy (non-hydrogen) atoms. The Labute approximate surface area is 129 Å². The fourth-order valence-corrected chi connectivity index (χ4v) is 4.88. The molecule has 3 heteroatoms. The molecule has 3 nitrogen and oxygen atoms in total. The zero-order valence-electron chi connectivity index (χ0n) is 13.5. The first-order valence-corrected chi connectivity index (χ1v) is 8.96. The van der Waals surface area contributed by atoms with Crippen LogP contribution in [0.5, 0.6) is 0 Å². The van der Waals surface area contributed by atoms with Crippen molar-refractivity contribution >= 4 is 6.29 Å². The van der Waals surface area contributed by atoms with Crippen LogP contribution in [0.25, 0.3) is 0 Å². The molecule has 3 aliphatic rings.